The molecule has 0 saturated carbocycles. The summed E-state index contributed by atoms with van der Waals surface area (Å²) in [4.78, 5) is 1.33. The number of quaternary nitrogens is 1. The van der Waals surface area contributed by atoms with Crippen LogP contribution in [0.2, 0.25) is 0 Å². The van der Waals surface area contributed by atoms with Gasteiger partial charge in [0.25, 0.3) is 0 Å². The molecule has 2 N–H and O–H groups in total. The smallest absolute Gasteiger partial charge is 0.137 e. The Balaban J connectivity index is 2.32. The Bertz CT molecular complexity index is 351. The molecule has 3 nitrogen and oxygen atoms in total. The molecule has 0 heterocycles. The second-order valence-electron chi connectivity index (χ2n) is 4.72. The summed E-state index contributed by atoms with van der Waals surface area (Å²) in [5.74, 6) is 0.800. The van der Waals surface area contributed by atoms with Crippen molar-refractivity contribution < 1.29 is 14.7 Å². The van der Waals surface area contributed by atoms with E-state index in [1.54, 1.807) is 0 Å². The van der Waals surface area contributed by atoms with Crippen LogP contribution in [0.25, 0.3) is 0 Å². The van der Waals surface area contributed by atoms with Crippen molar-refractivity contribution >= 4 is 0 Å². The molecule has 0 bridgehead atoms. The van der Waals surface area contributed by atoms with Crippen LogP contribution in [0.4, 0.5) is 0 Å². The summed E-state index contributed by atoms with van der Waals surface area (Å²) in [6.45, 7) is 11.0. The van der Waals surface area contributed by atoms with Gasteiger partial charge in [-0.2, -0.15) is 0 Å². The molecule has 18 heavy (non-hydrogen) atoms. The van der Waals surface area contributed by atoms with Crippen LogP contribution in [0, 0.1) is 0 Å². The molecular weight excluding hydrogens is 226 g/mol. The molecular formula is C15H24NO2+. The molecule has 1 rings (SSSR count). The van der Waals surface area contributed by atoms with Crippen molar-refractivity contribution in [2.45, 2.75) is 20.0 Å². The Morgan fingerprint density at radius 3 is 2.61 bits per heavy atom. The standard InChI is InChI=1S/C15H23NO2/c1-4-16(10-13(2)3)11-14(17)12-18-15-8-6-5-7-9-15/h5-9,14,17H,2,4,10-12H2,1,3H3/p+1/t14-/m0/s1. The molecule has 100 valence electrons. The molecule has 0 fully saturated rings. The zero-order chi connectivity index (χ0) is 13.4. The van der Waals surface area contributed by atoms with Gasteiger partial charge >= 0.3 is 0 Å². The summed E-state index contributed by atoms with van der Waals surface area (Å²) in [5, 5.41) is 9.95. The number of likely N-dealkylation sites (N-methyl/N-ethyl adjacent to an activating group) is 1. The quantitative estimate of drug-likeness (QED) is 0.672. The fraction of sp³-hybridized carbons (Fsp3) is 0.467. The Morgan fingerprint density at radius 1 is 1.39 bits per heavy atom. The number of rotatable bonds is 8. The van der Waals surface area contributed by atoms with E-state index in [1.807, 2.05) is 37.3 Å². The molecule has 0 aromatic heterocycles. The highest BCUT2D eigenvalue weighted by molar-refractivity contribution is 5.20. The fourth-order valence-electron chi connectivity index (χ4n) is 1.87. The van der Waals surface area contributed by atoms with Gasteiger partial charge in [0.15, 0.2) is 0 Å². The molecule has 0 aliphatic heterocycles. The minimum absolute atomic E-state index is 0.337. The molecule has 0 aliphatic carbocycles. The van der Waals surface area contributed by atoms with E-state index in [2.05, 4.69) is 13.5 Å². The van der Waals surface area contributed by atoms with E-state index in [-0.39, 0.29) is 0 Å². The van der Waals surface area contributed by atoms with Crippen LogP contribution in [0.15, 0.2) is 42.5 Å². The second kappa shape index (κ2) is 7.90. The summed E-state index contributed by atoms with van der Waals surface area (Å²) in [5.41, 5.74) is 1.14. The number of nitrogens with one attached hydrogen (secondary N) is 1. The van der Waals surface area contributed by atoms with Gasteiger partial charge in [-0.25, -0.2) is 0 Å². The van der Waals surface area contributed by atoms with Gasteiger partial charge in [0.1, 0.15) is 25.0 Å². The summed E-state index contributed by atoms with van der Waals surface area (Å²) >= 11 is 0. The summed E-state index contributed by atoms with van der Waals surface area (Å²) in [7, 11) is 0. The lowest BCUT2D eigenvalue weighted by molar-refractivity contribution is -0.896. The maximum atomic E-state index is 9.95. The van der Waals surface area contributed by atoms with Gasteiger partial charge in [0.05, 0.1) is 13.1 Å². The zero-order valence-electron chi connectivity index (χ0n) is 11.4. The first kappa shape index (κ1) is 14.7. The van der Waals surface area contributed by atoms with Crippen molar-refractivity contribution in [3.05, 3.63) is 42.5 Å². The van der Waals surface area contributed by atoms with Gasteiger partial charge < -0.3 is 14.7 Å². The topological polar surface area (TPSA) is 33.9 Å². The van der Waals surface area contributed by atoms with E-state index >= 15 is 0 Å². The first-order valence-corrected chi connectivity index (χ1v) is 6.45. The van der Waals surface area contributed by atoms with Crippen molar-refractivity contribution in [3.63, 3.8) is 0 Å². The van der Waals surface area contributed by atoms with Gasteiger partial charge in [0, 0.05) is 0 Å². The molecule has 1 aromatic rings. The molecule has 0 amide bonds. The third-order valence-corrected chi connectivity index (χ3v) is 2.76. The van der Waals surface area contributed by atoms with Gasteiger partial charge in [-0.3, -0.25) is 0 Å². The number of ether oxygens (including phenoxy) is 1. The third kappa shape index (κ3) is 5.84. The van der Waals surface area contributed by atoms with Crippen LogP contribution in [-0.2, 0) is 0 Å². The SMILES string of the molecule is C=C(C)C[NH+](CC)C[C@H](O)COc1ccccc1. The number of hydrogen-bond acceptors (Lipinski definition) is 2. The molecule has 2 atom stereocenters. The third-order valence-electron chi connectivity index (χ3n) is 2.76. The van der Waals surface area contributed by atoms with E-state index in [0.717, 1.165) is 24.4 Å². The summed E-state index contributed by atoms with van der Waals surface area (Å²) in [6, 6.07) is 9.58. The van der Waals surface area contributed by atoms with Crippen LogP contribution in [-0.4, -0.2) is 37.5 Å². The summed E-state index contributed by atoms with van der Waals surface area (Å²) in [6.07, 6.45) is -0.445. The molecule has 3 heteroatoms. The van der Waals surface area contributed by atoms with E-state index in [4.69, 9.17) is 4.74 Å². The molecule has 0 aliphatic rings. The van der Waals surface area contributed by atoms with Crippen LogP contribution in [0.1, 0.15) is 13.8 Å². The monoisotopic (exact) mass is 250 g/mol. The maximum absolute atomic E-state index is 9.95. The van der Waals surface area contributed by atoms with Crippen LogP contribution in [0.5, 0.6) is 5.75 Å². The maximum Gasteiger partial charge on any atom is 0.137 e. The molecule has 0 radical (unpaired) electrons. The lowest BCUT2D eigenvalue weighted by atomic mass is 10.2. The Morgan fingerprint density at radius 2 is 2.06 bits per heavy atom. The number of aliphatic hydroxyl groups is 1. The van der Waals surface area contributed by atoms with E-state index in [1.165, 1.54) is 4.90 Å². The predicted octanol–water partition coefficient (Wildman–Crippen LogP) is 0.907. The summed E-state index contributed by atoms with van der Waals surface area (Å²) < 4.78 is 5.53. The highest BCUT2D eigenvalue weighted by Gasteiger charge is 2.14. The molecule has 1 aromatic carbocycles. The Hall–Kier alpha value is -1.32. The highest BCUT2D eigenvalue weighted by atomic mass is 16.5. The van der Waals surface area contributed by atoms with Crippen LogP contribution >= 0.6 is 0 Å². The minimum atomic E-state index is -0.445. The largest absolute Gasteiger partial charge is 0.491 e. The molecule has 0 saturated heterocycles. The van der Waals surface area contributed by atoms with Crippen molar-refractivity contribution in [1.82, 2.24) is 0 Å². The second-order valence-corrected chi connectivity index (χ2v) is 4.72. The number of hydrogen-bond donors (Lipinski definition) is 2. The zero-order valence-corrected chi connectivity index (χ0v) is 11.4. The normalized spacial score (nSPS) is 13.9. The highest BCUT2D eigenvalue weighted by Crippen LogP contribution is 2.08. The Kier molecular flexibility index (Phi) is 6.47. The lowest BCUT2D eigenvalue weighted by Gasteiger charge is -2.21. The van der Waals surface area contributed by atoms with E-state index in [9.17, 15) is 5.11 Å². The van der Waals surface area contributed by atoms with Crippen molar-refractivity contribution in [2.24, 2.45) is 0 Å². The number of benzene rings is 1. The van der Waals surface area contributed by atoms with E-state index < -0.39 is 6.10 Å². The first-order valence-electron chi connectivity index (χ1n) is 6.45. The van der Waals surface area contributed by atoms with Gasteiger partial charge in [-0.1, -0.05) is 24.8 Å². The minimum Gasteiger partial charge on any atom is -0.491 e. The van der Waals surface area contributed by atoms with Crippen molar-refractivity contribution in [3.8, 4) is 5.75 Å². The molecule has 0 spiro atoms. The fourth-order valence-corrected chi connectivity index (χ4v) is 1.87. The average Bonchev–Trinajstić information content (AvgIpc) is 2.36. The van der Waals surface area contributed by atoms with Gasteiger partial charge in [0.2, 0.25) is 0 Å². The lowest BCUT2D eigenvalue weighted by Crippen LogP contribution is -3.13. The van der Waals surface area contributed by atoms with Gasteiger partial charge in [-0.15, -0.1) is 0 Å². The Labute approximate surface area is 110 Å². The van der Waals surface area contributed by atoms with Crippen LogP contribution < -0.4 is 9.64 Å². The number of aliphatic hydroxyl groups excluding tert-OH is 1. The van der Waals surface area contributed by atoms with Crippen molar-refractivity contribution in [1.29, 1.82) is 0 Å². The number of para-hydroxylation sites is 1. The predicted molar refractivity (Wildman–Crippen MR) is 74.0 cm³/mol. The van der Waals surface area contributed by atoms with Crippen molar-refractivity contribution in [2.75, 3.05) is 26.2 Å². The van der Waals surface area contributed by atoms with Gasteiger partial charge in [-0.05, 0) is 31.6 Å². The van der Waals surface area contributed by atoms with Crippen LogP contribution in [0.3, 0.4) is 0 Å². The molecule has 1 unspecified atom stereocenters. The average molecular weight is 250 g/mol. The van der Waals surface area contributed by atoms with E-state index in [0.29, 0.717) is 13.2 Å². The first-order chi connectivity index (χ1) is 8.61.